The van der Waals surface area contributed by atoms with Gasteiger partial charge in [0, 0.05) is 6.42 Å². The molecule has 0 aliphatic carbocycles. The lowest BCUT2D eigenvalue weighted by molar-refractivity contribution is -0.690. The molecule has 13 heavy (non-hydrogen) atoms. The van der Waals surface area contributed by atoms with Crippen LogP contribution < -0.4 is 5.32 Å². The molecule has 5 nitrogen and oxygen atoms in total. The highest BCUT2D eigenvalue weighted by molar-refractivity contribution is 7.91. The molecule has 0 saturated carbocycles. The van der Waals surface area contributed by atoms with Gasteiger partial charge in [0.1, 0.15) is 24.4 Å². The lowest BCUT2D eigenvalue weighted by Crippen LogP contribution is -2.92. The third kappa shape index (κ3) is 3.60. The minimum atomic E-state index is -2.83. The molecular weight excluding hydrogens is 194 g/mol. The van der Waals surface area contributed by atoms with Crippen molar-refractivity contribution in [1.29, 1.82) is 0 Å². The van der Waals surface area contributed by atoms with Gasteiger partial charge in [0.25, 0.3) is 0 Å². The van der Waals surface area contributed by atoms with Crippen molar-refractivity contribution in [2.45, 2.75) is 18.6 Å². The summed E-state index contributed by atoms with van der Waals surface area (Å²) in [5, 5.41) is 19.3. The minimum Gasteiger partial charge on any atom is -0.393 e. The van der Waals surface area contributed by atoms with Gasteiger partial charge in [-0.15, -0.1) is 0 Å². The first-order valence-corrected chi connectivity index (χ1v) is 6.18. The summed E-state index contributed by atoms with van der Waals surface area (Å²) in [6.45, 7) is 0.104. The number of aliphatic hydroxyl groups excluding tert-OH is 2. The SMILES string of the molecule is O=S1(=O)CC[C@H]([NH2+]C[C@H](O)CO)C1. The second-order valence-electron chi connectivity index (χ2n) is 3.47. The Balaban J connectivity index is 2.25. The highest BCUT2D eigenvalue weighted by atomic mass is 32.2. The standard InChI is InChI=1S/C7H15NO4S/c9-4-7(10)3-8-6-1-2-13(11,12)5-6/h6-10H,1-5H2/p+1/t6-,7-/m0/s1. The number of hydrogen-bond donors (Lipinski definition) is 3. The molecule has 1 aliphatic rings. The van der Waals surface area contributed by atoms with Crippen LogP contribution in [0.15, 0.2) is 0 Å². The van der Waals surface area contributed by atoms with Crippen LogP contribution in [0, 0.1) is 0 Å². The first-order valence-electron chi connectivity index (χ1n) is 4.36. The van der Waals surface area contributed by atoms with Crippen molar-refractivity contribution in [3.8, 4) is 0 Å². The molecule has 0 aromatic heterocycles. The predicted molar refractivity (Wildman–Crippen MR) is 46.9 cm³/mol. The summed E-state index contributed by atoms with van der Waals surface area (Å²) >= 11 is 0. The Morgan fingerprint density at radius 3 is 2.69 bits per heavy atom. The van der Waals surface area contributed by atoms with Crippen LogP contribution in [-0.4, -0.2) is 55.4 Å². The van der Waals surface area contributed by atoms with Crippen molar-refractivity contribution in [2.75, 3.05) is 24.7 Å². The first-order chi connectivity index (χ1) is 6.03. The highest BCUT2D eigenvalue weighted by Crippen LogP contribution is 2.07. The van der Waals surface area contributed by atoms with E-state index < -0.39 is 15.9 Å². The number of nitrogens with two attached hydrogens (primary N) is 1. The third-order valence-corrected chi connectivity index (χ3v) is 4.01. The maximum Gasteiger partial charge on any atom is 0.156 e. The Morgan fingerprint density at radius 2 is 2.23 bits per heavy atom. The fraction of sp³-hybridized carbons (Fsp3) is 1.00. The van der Waals surface area contributed by atoms with E-state index in [4.69, 9.17) is 10.2 Å². The summed E-state index contributed by atoms with van der Waals surface area (Å²) in [6.07, 6.45) is -0.0937. The Labute approximate surface area is 77.7 Å². The van der Waals surface area contributed by atoms with Gasteiger partial charge >= 0.3 is 0 Å². The van der Waals surface area contributed by atoms with Gasteiger partial charge in [0.2, 0.25) is 0 Å². The van der Waals surface area contributed by atoms with Crippen LogP contribution in [-0.2, 0) is 9.84 Å². The largest absolute Gasteiger partial charge is 0.393 e. The number of aliphatic hydroxyl groups is 2. The van der Waals surface area contributed by atoms with Gasteiger partial charge < -0.3 is 15.5 Å². The molecule has 0 radical (unpaired) electrons. The molecule has 1 rings (SSSR count). The van der Waals surface area contributed by atoms with Crippen LogP contribution in [0.4, 0.5) is 0 Å². The predicted octanol–water partition coefficient (Wildman–Crippen LogP) is -2.91. The van der Waals surface area contributed by atoms with E-state index in [2.05, 4.69) is 0 Å². The van der Waals surface area contributed by atoms with Crippen LogP contribution in [0.5, 0.6) is 0 Å². The van der Waals surface area contributed by atoms with E-state index in [1.54, 1.807) is 5.32 Å². The first kappa shape index (κ1) is 10.9. The molecule has 1 aliphatic heterocycles. The molecule has 1 heterocycles. The molecule has 0 aromatic carbocycles. The fourth-order valence-electron chi connectivity index (χ4n) is 1.43. The van der Waals surface area contributed by atoms with E-state index in [-0.39, 0.29) is 24.2 Å². The Kier molecular flexibility index (Phi) is 3.66. The molecule has 2 atom stereocenters. The third-order valence-electron chi connectivity index (χ3n) is 2.22. The van der Waals surface area contributed by atoms with E-state index >= 15 is 0 Å². The Morgan fingerprint density at radius 1 is 1.54 bits per heavy atom. The maximum absolute atomic E-state index is 11.0. The molecule has 1 saturated heterocycles. The summed E-state index contributed by atoms with van der Waals surface area (Å²) in [6, 6.07) is 0.0613. The second-order valence-corrected chi connectivity index (χ2v) is 5.70. The van der Waals surface area contributed by atoms with Gasteiger partial charge in [0.05, 0.1) is 12.4 Å². The summed E-state index contributed by atoms with van der Waals surface area (Å²) in [7, 11) is -2.83. The molecule has 0 unspecified atom stereocenters. The Hall–Kier alpha value is -0.170. The summed E-state index contributed by atoms with van der Waals surface area (Å²) in [4.78, 5) is 0. The van der Waals surface area contributed by atoms with Crippen LogP contribution in [0.2, 0.25) is 0 Å². The van der Waals surface area contributed by atoms with Crippen molar-refractivity contribution in [3.63, 3.8) is 0 Å². The van der Waals surface area contributed by atoms with Crippen molar-refractivity contribution in [2.24, 2.45) is 0 Å². The zero-order valence-electron chi connectivity index (χ0n) is 7.39. The van der Waals surface area contributed by atoms with E-state index in [9.17, 15) is 8.42 Å². The van der Waals surface area contributed by atoms with Crippen molar-refractivity contribution in [3.05, 3.63) is 0 Å². The molecular formula is C7H16NO4S+. The zero-order chi connectivity index (χ0) is 9.90. The lowest BCUT2D eigenvalue weighted by Gasteiger charge is -2.09. The lowest BCUT2D eigenvalue weighted by atomic mass is 10.2. The Bertz CT molecular complexity index is 251. The molecule has 6 heteroatoms. The normalized spacial score (nSPS) is 28.9. The van der Waals surface area contributed by atoms with E-state index in [0.29, 0.717) is 13.0 Å². The molecule has 0 bridgehead atoms. The van der Waals surface area contributed by atoms with Crippen LogP contribution in [0.3, 0.4) is 0 Å². The fourth-order valence-corrected chi connectivity index (χ4v) is 3.22. The smallest absolute Gasteiger partial charge is 0.156 e. The molecule has 1 fully saturated rings. The highest BCUT2D eigenvalue weighted by Gasteiger charge is 2.30. The number of quaternary nitrogens is 1. The topological polar surface area (TPSA) is 91.2 Å². The summed E-state index contributed by atoms with van der Waals surface area (Å²) < 4.78 is 22.0. The van der Waals surface area contributed by atoms with E-state index in [0.717, 1.165) is 0 Å². The van der Waals surface area contributed by atoms with Crippen molar-refractivity contribution >= 4 is 9.84 Å². The van der Waals surface area contributed by atoms with Crippen molar-refractivity contribution < 1.29 is 23.9 Å². The monoisotopic (exact) mass is 210 g/mol. The van der Waals surface area contributed by atoms with E-state index in [1.165, 1.54) is 0 Å². The molecule has 4 N–H and O–H groups in total. The van der Waals surface area contributed by atoms with Crippen LogP contribution in [0.1, 0.15) is 6.42 Å². The summed E-state index contributed by atoms with van der Waals surface area (Å²) in [5.74, 6) is 0.453. The minimum absolute atomic E-state index is 0.0613. The summed E-state index contributed by atoms with van der Waals surface area (Å²) in [5.41, 5.74) is 0. The van der Waals surface area contributed by atoms with Gasteiger partial charge in [-0.2, -0.15) is 0 Å². The molecule has 0 amide bonds. The zero-order valence-corrected chi connectivity index (χ0v) is 8.20. The van der Waals surface area contributed by atoms with Crippen molar-refractivity contribution in [1.82, 2.24) is 0 Å². The van der Waals surface area contributed by atoms with Gasteiger partial charge in [-0.05, 0) is 0 Å². The molecule has 78 valence electrons. The van der Waals surface area contributed by atoms with Gasteiger partial charge in [-0.25, -0.2) is 8.42 Å². The number of rotatable bonds is 4. The molecule has 0 spiro atoms. The van der Waals surface area contributed by atoms with Crippen LogP contribution >= 0.6 is 0 Å². The van der Waals surface area contributed by atoms with Gasteiger partial charge in [-0.3, -0.25) is 0 Å². The van der Waals surface area contributed by atoms with Gasteiger partial charge in [0.15, 0.2) is 9.84 Å². The second kappa shape index (κ2) is 4.36. The van der Waals surface area contributed by atoms with E-state index in [1.807, 2.05) is 0 Å². The number of hydrogen-bond acceptors (Lipinski definition) is 4. The van der Waals surface area contributed by atoms with Crippen LogP contribution in [0.25, 0.3) is 0 Å². The average Bonchev–Trinajstić information content (AvgIpc) is 2.41. The average molecular weight is 210 g/mol. The quantitative estimate of drug-likeness (QED) is 0.464. The molecule has 0 aromatic rings. The number of sulfone groups is 1. The maximum atomic E-state index is 11.0. The van der Waals surface area contributed by atoms with Gasteiger partial charge in [-0.1, -0.05) is 0 Å².